The number of aromatic carboxylic acids is 1. The quantitative estimate of drug-likeness (QED) is 0.821. The summed E-state index contributed by atoms with van der Waals surface area (Å²) in [6, 6.07) is 7.12. The van der Waals surface area contributed by atoms with Gasteiger partial charge in [0.15, 0.2) is 0 Å². The topological polar surface area (TPSA) is 66.4 Å². The van der Waals surface area contributed by atoms with Crippen LogP contribution in [0.5, 0.6) is 0 Å². The van der Waals surface area contributed by atoms with Crippen molar-refractivity contribution in [2.75, 3.05) is 0 Å². The number of carboxylic acids is 1. The number of rotatable bonds is 3. The summed E-state index contributed by atoms with van der Waals surface area (Å²) in [4.78, 5) is 23.6. The standard InChI is InChI=1S/C18H13ClF3NO3/c19-13-3-1-2-12(18(20,21)22)15(13)16(24)23-14-7-6-9-4-5-10(17(25)26)8-11(9)14/h1-5,8,14H,6-7H2,(H,23,24)(H,25,26). The van der Waals surface area contributed by atoms with E-state index in [1.54, 1.807) is 6.07 Å². The van der Waals surface area contributed by atoms with Crippen LogP contribution in [0.4, 0.5) is 13.2 Å². The summed E-state index contributed by atoms with van der Waals surface area (Å²) in [5.41, 5.74) is -0.238. The van der Waals surface area contributed by atoms with Crippen molar-refractivity contribution in [3.63, 3.8) is 0 Å². The second kappa shape index (κ2) is 6.64. The fourth-order valence-electron chi connectivity index (χ4n) is 3.11. The Kier molecular flexibility index (Phi) is 4.66. The van der Waals surface area contributed by atoms with Crippen molar-refractivity contribution in [3.05, 3.63) is 69.2 Å². The van der Waals surface area contributed by atoms with E-state index in [1.807, 2.05) is 0 Å². The summed E-state index contributed by atoms with van der Waals surface area (Å²) in [6.07, 6.45) is -3.66. The van der Waals surface area contributed by atoms with Crippen molar-refractivity contribution in [2.24, 2.45) is 0 Å². The Bertz CT molecular complexity index is 896. The molecule has 2 aromatic carbocycles. The molecule has 0 saturated heterocycles. The van der Waals surface area contributed by atoms with Gasteiger partial charge in [0.1, 0.15) is 0 Å². The predicted molar refractivity (Wildman–Crippen MR) is 88.4 cm³/mol. The van der Waals surface area contributed by atoms with E-state index in [2.05, 4.69) is 5.32 Å². The van der Waals surface area contributed by atoms with Crippen LogP contribution < -0.4 is 5.32 Å². The fraction of sp³-hybridized carbons (Fsp3) is 0.222. The molecule has 0 bridgehead atoms. The Labute approximate surface area is 151 Å². The second-order valence-corrected chi connectivity index (χ2v) is 6.35. The number of carbonyl (C=O) groups excluding carboxylic acids is 1. The van der Waals surface area contributed by atoms with Gasteiger partial charge in [-0.15, -0.1) is 0 Å². The first-order chi connectivity index (χ1) is 12.2. The Morgan fingerprint density at radius 2 is 1.92 bits per heavy atom. The van der Waals surface area contributed by atoms with Gasteiger partial charge in [0, 0.05) is 0 Å². The van der Waals surface area contributed by atoms with E-state index in [-0.39, 0.29) is 10.6 Å². The van der Waals surface area contributed by atoms with Crippen LogP contribution >= 0.6 is 11.6 Å². The van der Waals surface area contributed by atoms with Crippen LogP contribution in [-0.2, 0) is 12.6 Å². The van der Waals surface area contributed by atoms with E-state index in [1.165, 1.54) is 18.2 Å². The van der Waals surface area contributed by atoms with Crippen LogP contribution in [0.15, 0.2) is 36.4 Å². The summed E-state index contributed by atoms with van der Waals surface area (Å²) >= 11 is 5.84. The lowest BCUT2D eigenvalue weighted by Crippen LogP contribution is -2.29. The summed E-state index contributed by atoms with van der Waals surface area (Å²) in [6.45, 7) is 0. The zero-order chi connectivity index (χ0) is 19.1. The normalized spacial score (nSPS) is 16.2. The molecule has 0 fully saturated rings. The first-order valence-corrected chi connectivity index (χ1v) is 8.09. The van der Waals surface area contributed by atoms with Crippen molar-refractivity contribution < 1.29 is 27.9 Å². The van der Waals surface area contributed by atoms with Crippen LogP contribution in [0.25, 0.3) is 0 Å². The number of carboxylic acid groups (broad SMARTS) is 1. The van der Waals surface area contributed by atoms with Crippen LogP contribution in [0.3, 0.4) is 0 Å². The van der Waals surface area contributed by atoms with Crippen LogP contribution in [0, 0.1) is 0 Å². The van der Waals surface area contributed by atoms with Gasteiger partial charge < -0.3 is 10.4 Å². The van der Waals surface area contributed by atoms with Crippen molar-refractivity contribution in [1.82, 2.24) is 5.32 Å². The molecule has 1 atom stereocenters. The number of hydrogen-bond donors (Lipinski definition) is 2. The monoisotopic (exact) mass is 383 g/mol. The highest BCUT2D eigenvalue weighted by Gasteiger charge is 2.37. The molecule has 3 rings (SSSR count). The lowest BCUT2D eigenvalue weighted by molar-refractivity contribution is -0.137. The minimum atomic E-state index is -4.72. The molecular weight excluding hydrogens is 371 g/mol. The van der Waals surface area contributed by atoms with Crippen molar-refractivity contribution in [1.29, 1.82) is 0 Å². The Hall–Kier alpha value is -2.54. The third-order valence-electron chi connectivity index (χ3n) is 4.32. The number of carbonyl (C=O) groups is 2. The molecular formula is C18H13ClF3NO3. The second-order valence-electron chi connectivity index (χ2n) is 5.94. The first kappa shape index (κ1) is 18.3. The lowest BCUT2D eigenvalue weighted by atomic mass is 10.0. The van der Waals surface area contributed by atoms with Gasteiger partial charge in [-0.25, -0.2) is 4.79 Å². The third-order valence-corrected chi connectivity index (χ3v) is 4.64. The smallest absolute Gasteiger partial charge is 0.417 e. The molecule has 8 heteroatoms. The summed E-state index contributed by atoms with van der Waals surface area (Å²) in [5, 5.41) is 11.4. The van der Waals surface area contributed by atoms with Gasteiger partial charge in [0.05, 0.1) is 27.8 Å². The average Bonchev–Trinajstić information content (AvgIpc) is 2.95. The summed E-state index contributed by atoms with van der Waals surface area (Å²) in [5.74, 6) is -2.06. The Morgan fingerprint density at radius 3 is 2.58 bits per heavy atom. The molecule has 1 aliphatic carbocycles. The molecule has 0 spiro atoms. The van der Waals surface area contributed by atoms with Crippen LogP contribution in [-0.4, -0.2) is 17.0 Å². The van der Waals surface area contributed by atoms with Gasteiger partial charge in [-0.2, -0.15) is 13.2 Å². The molecule has 0 aliphatic heterocycles. The van der Waals surface area contributed by atoms with Gasteiger partial charge in [0.2, 0.25) is 0 Å². The molecule has 136 valence electrons. The van der Waals surface area contributed by atoms with Crippen molar-refractivity contribution in [2.45, 2.75) is 25.1 Å². The predicted octanol–water partition coefficient (Wildman–Crippen LogP) is 4.47. The number of amides is 1. The highest BCUT2D eigenvalue weighted by atomic mass is 35.5. The maximum atomic E-state index is 13.2. The largest absolute Gasteiger partial charge is 0.478 e. The maximum Gasteiger partial charge on any atom is 0.417 e. The zero-order valence-corrected chi connectivity index (χ0v) is 14.0. The molecule has 0 radical (unpaired) electrons. The molecule has 1 amide bonds. The van der Waals surface area contributed by atoms with E-state index < -0.39 is 35.2 Å². The number of fused-ring (bicyclic) bond motifs is 1. The van der Waals surface area contributed by atoms with E-state index >= 15 is 0 Å². The summed E-state index contributed by atoms with van der Waals surface area (Å²) < 4.78 is 39.5. The zero-order valence-electron chi connectivity index (χ0n) is 13.2. The van der Waals surface area contributed by atoms with Gasteiger partial charge in [-0.3, -0.25) is 4.79 Å². The molecule has 1 unspecified atom stereocenters. The number of nitrogens with one attached hydrogen (secondary N) is 1. The minimum Gasteiger partial charge on any atom is -0.478 e. The molecule has 2 aromatic rings. The first-order valence-electron chi connectivity index (χ1n) is 7.71. The molecule has 0 aromatic heterocycles. The fourth-order valence-corrected chi connectivity index (χ4v) is 3.37. The van der Waals surface area contributed by atoms with E-state index in [4.69, 9.17) is 16.7 Å². The van der Waals surface area contributed by atoms with Gasteiger partial charge in [0.25, 0.3) is 5.91 Å². The number of aryl methyl sites for hydroxylation is 1. The number of halogens is 4. The van der Waals surface area contributed by atoms with Gasteiger partial charge in [-0.1, -0.05) is 23.7 Å². The van der Waals surface area contributed by atoms with E-state index in [0.29, 0.717) is 18.4 Å². The molecule has 26 heavy (non-hydrogen) atoms. The number of benzene rings is 2. The molecule has 0 heterocycles. The van der Waals surface area contributed by atoms with Gasteiger partial charge in [-0.05, 0) is 48.2 Å². The molecule has 4 nitrogen and oxygen atoms in total. The third kappa shape index (κ3) is 3.39. The molecule has 0 saturated carbocycles. The van der Waals surface area contributed by atoms with Crippen molar-refractivity contribution >= 4 is 23.5 Å². The summed E-state index contributed by atoms with van der Waals surface area (Å²) in [7, 11) is 0. The maximum absolute atomic E-state index is 13.2. The van der Waals surface area contributed by atoms with Gasteiger partial charge >= 0.3 is 12.1 Å². The Morgan fingerprint density at radius 1 is 1.19 bits per heavy atom. The van der Waals surface area contributed by atoms with Crippen molar-refractivity contribution in [3.8, 4) is 0 Å². The number of alkyl halides is 3. The SMILES string of the molecule is O=C(O)c1ccc2c(c1)C(NC(=O)c1c(Cl)cccc1C(F)(F)F)CC2. The number of hydrogen-bond acceptors (Lipinski definition) is 2. The molecule has 1 aliphatic rings. The van der Waals surface area contributed by atoms with Crippen LogP contribution in [0.2, 0.25) is 5.02 Å². The minimum absolute atomic E-state index is 0.0543. The Balaban J connectivity index is 1.93. The molecule has 2 N–H and O–H groups in total. The van der Waals surface area contributed by atoms with Crippen LogP contribution in [0.1, 0.15) is 49.9 Å². The van der Waals surface area contributed by atoms with E-state index in [0.717, 1.165) is 17.7 Å². The van der Waals surface area contributed by atoms with E-state index in [9.17, 15) is 22.8 Å². The highest BCUT2D eigenvalue weighted by Crippen LogP contribution is 2.36. The average molecular weight is 384 g/mol. The highest BCUT2D eigenvalue weighted by molar-refractivity contribution is 6.34. The lowest BCUT2D eigenvalue weighted by Gasteiger charge is -2.18.